The van der Waals surface area contributed by atoms with Crippen LogP contribution in [0.15, 0.2) is 42.5 Å². The summed E-state index contributed by atoms with van der Waals surface area (Å²) in [5.74, 6) is -0.398. The molecule has 3 rings (SSSR count). The molecule has 4 nitrogen and oxygen atoms in total. The number of nitrogens with one attached hydrogen (secondary N) is 1. The fourth-order valence-corrected chi connectivity index (χ4v) is 3.07. The molecule has 0 aromatic heterocycles. The van der Waals surface area contributed by atoms with Crippen LogP contribution in [0.25, 0.3) is 0 Å². The van der Waals surface area contributed by atoms with Crippen molar-refractivity contribution in [1.82, 2.24) is 0 Å². The van der Waals surface area contributed by atoms with Crippen LogP contribution in [0.1, 0.15) is 53.7 Å². The Morgan fingerprint density at radius 2 is 1.92 bits per heavy atom. The minimum absolute atomic E-state index is 0.309. The summed E-state index contributed by atoms with van der Waals surface area (Å²) in [4.78, 5) is 25.2. The third-order valence-electron chi connectivity index (χ3n) is 4.74. The van der Waals surface area contributed by atoms with Gasteiger partial charge in [0.05, 0.1) is 5.56 Å². The van der Waals surface area contributed by atoms with Gasteiger partial charge in [-0.25, -0.2) is 4.79 Å². The lowest BCUT2D eigenvalue weighted by molar-refractivity contribution is -0.134. The van der Waals surface area contributed by atoms with Crippen molar-refractivity contribution in [2.24, 2.45) is 0 Å². The van der Waals surface area contributed by atoms with E-state index in [1.54, 1.807) is 13.0 Å². The van der Waals surface area contributed by atoms with Gasteiger partial charge in [-0.3, -0.25) is 4.79 Å². The van der Waals surface area contributed by atoms with Gasteiger partial charge in [0.25, 0.3) is 5.91 Å². The number of carbonyl (C=O) groups is 2. The lowest BCUT2D eigenvalue weighted by Crippen LogP contribution is -2.49. The van der Waals surface area contributed by atoms with E-state index in [0.29, 0.717) is 17.9 Å². The van der Waals surface area contributed by atoms with E-state index in [1.165, 1.54) is 0 Å². The van der Waals surface area contributed by atoms with Crippen LogP contribution in [-0.2, 0) is 16.0 Å². The van der Waals surface area contributed by atoms with E-state index in [2.05, 4.69) is 19.2 Å². The number of amides is 1. The molecule has 0 aliphatic carbocycles. The second kappa shape index (κ2) is 6.36. The standard InChI is InChI=1S/C21H23NO3/c1-13(2)15-9-10-17-16(11-15)12-21(4,25-19(17)23)20(24)22-18-8-6-5-7-14(18)3/h5-11,13H,12H2,1-4H3,(H,22,24). The maximum absolute atomic E-state index is 12.8. The number of rotatable bonds is 3. The largest absolute Gasteiger partial charge is 0.445 e. The van der Waals surface area contributed by atoms with Gasteiger partial charge >= 0.3 is 5.97 Å². The van der Waals surface area contributed by atoms with Crippen LogP contribution in [-0.4, -0.2) is 17.5 Å². The van der Waals surface area contributed by atoms with Crippen molar-refractivity contribution in [3.63, 3.8) is 0 Å². The maximum atomic E-state index is 12.8. The molecule has 1 aliphatic rings. The number of hydrogen-bond acceptors (Lipinski definition) is 3. The molecule has 1 N–H and O–H groups in total. The Hall–Kier alpha value is -2.62. The summed E-state index contributed by atoms with van der Waals surface area (Å²) in [5, 5.41) is 2.89. The second-order valence-corrected chi connectivity index (χ2v) is 7.14. The molecule has 1 aliphatic heterocycles. The van der Waals surface area contributed by atoms with Gasteiger partial charge in [-0.1, -0.05) is 44.2 Å². The number of benzene rings is 2. The van der Waals surface area contributed by atoms with Crippen LogP contribution in [0.2, 0.25) is 0 Å². The lowest BCUT2D eigenvalue weighted by atomic mass is 9.86. The normalized spacial score (nSPS) is 19.3. The number of aryl methyl sites for hydroxylation is 1. The lowest BCUT2D eigenvalue weighted by Gasteiger charge is -2.33. The van der Waals surface area contributed by atoms with Gasteiger partial charge in [-0.05, 0) is 48.6 Å². The number of anilines is 1. The highest BCUT2D eigenvalue weighted by atomic mass is 16.6. The van der Waals surface area contributed by atoms with E-state index in [0.717, 1.165) is 22.4 Å². The number of esters is 1. The summed E-state index contributed by atoms with van der Waals surface area (Å²) < 4.78 is 5.52. The van der Waals surface area contributed by atoms with Crippen LogP contribution < -0.4 is 5.32 Å². The molecular formula is C21H23NO3. The summed E-state index contributed by atoms with van der Waals surface area (Å²) >= 11 is 0. The molecule has 0 radical (unpaired) electrons. The number of carbonyl (C=O) groups excluding carboxylic acids is 2. The van der Waals surface area contributed by atoms with Gasteiger partial charge in [0.1, 0.15) is 0 Å². The Morgan fingerprint density at radius 1 is 1.20 bits per heavy atom. The van der Waals surface area contributed by atoms with Crippen LogP contribution in [0, 0.1) is 6.92 Å². The van der Waals surface area contributed by atoms with E-state index < -0.39 is 11.6 Å². The monoisotopic (exact) mass is 337 g/mol. The van der Waals surface area contributed by atoms with E-state index in [1.807, 2.05) is 43.3 Å². The summed E-state index contributed by atoms with van der Waals surface area (Å²) in [7, 11) is 0. The predicted octanol–water partition coefficient (Wildman–Crippen LogP) is 4.23. The number of cyclic esters (lactones) is 1. The van der Waals surface area contributed by atoms with E-state index in [9.17, 15) is 9.59 Å². The van der Waals surface area contributed by atoms with Crippen molar-refractivity contribution in [3.8, 4) is 0 Å². The van der Waals surface area contributed by atoms with Crippen molar-refractivity contribution < 1.29 is 14.3 Å². The average molecular weight is 337 g/mol. The molecule has 1 heterocycles. The third-order valence-corrected chi connectivity index (χ3v) is 4.74. The third kappa shape index (κ3) is 3.29. The molecule has 25 heavy (non-hydrogen) atoms. The molecule has 0 spiro atoms. The maximum Gasteiger partial charge on any atom is 0.339 e. The van der Waals surface area contributed by atoms with Crippen molar-refractivity contribution in [2.45, 2.75) is 45.6 Å². The van der Waals surface area contributed by atoms with Gasteiger partial charge in [0, 0.05) is 12.1 Å². The fourth-order valence-electron chi connectivity index (χ4n) is 3.07. The Morgan fingerprint density at radius 3 is 2.60 bits per heavy atom. The van der Waals surface area contributed by atoms with Crippen molar-refractivity contribution >= 4 is 17.6 Å². The van der Waals surface area contributed by atoms with Gasteiger partial charge in [0.15, 0.2) is 5.60 Å². The Bertz CT molecular complexity index is 841. The highest BCUT2D eigenvalue weighted by molar-refractivity contribution is 6.02. The van der Waals surface area contributed by atoms with E-state index in [-0.39, 0.29) is 5.91 Å². The Kier molecular flexibility index (Phi) is 4.38. The summed E-state index contributed by atoms with van der Waals surface area (Å²) in [6, 6.07) is 13.3. The second-order valence-electron chi connectivity index (χ2n) is 7.14. The van der Waals surface area contributed by atoms with Gasteiger partial charge in [0.2, 0.25) is 0 Å². The minimum Gasteiger partial charge on any atom is -0.445 e. The Labute approximate surface area is 148 Å². The van der Waals surface area contributed by atoms with E-state index >= 15 is 0 Å². The van der Waals surface area contributed by atoms with Gasteiger partial charge in [-0.2, -0.15) is 0 Å². The molecule has 130 valence electrons. The van der Waals surface area contributed by atoms with Crippen molar-refractivity contribution in [1.29, 1.82) is 0 Å². The molecule has 2 aromatic carbocycles. The molecule has 0 saturated carbocycles. The molecule has 4 heteroatoms. The molecule has 1 amide bonds. The Balaban J connectivity index is 1.90. The molecule has 2 aromatic rings. The molecule has 1 unspecified atom stereocenters. The predicted molar refractivity (Wildman–Crippen MR) is 97.9 cm³/mol. The number of ether oxygens (including phenoxy) is 1. The van der Waals surface area contributed by atoms with Gasteiger partial charge in [-0.15, -0.1) is 0 Å². The molecular weight excluding hydrogens is 314 g/mol. The zero-order chi connectivity index (χ0) is 18.2. The molecule has 1 atom stereocenters. The number of para-hydroxylation sites is 1. The zero-order valence-electron chi connectivity index (χ0n) is 15.1. The summed E-state index contributed by atoms with van der Waals surface area (Å²) in [5.41, 5.74) is 3.03. The topological polar surface area (TPSA) is 55.4 Å². The van der Waals surface area contributed by atoms with Crippen LogP contribution >= 0.6 is 0 Å². The number of hydrogen-bond donors (Lipinski definition) is 1. The van der Waals surface area contributed by atoms with Crippen molar-refractivity contribution in [2.75, 3.05) is 5.32 Å². The minimum atomic E-state index is -1.22. The first-order valence-corrected chi connectivity index (χ1v) is 8.53. The first-order chi connectivity index (χ1) is 11.8. The quantitative estimate of drug-likeness (QED) is 0.853. The van der Waals surface area contributed by atoms with Crippen molar-refractivity contribution in [3.05, 3.63) is 64.7 Å². The first-order valence-electron chi connectivity index (χ1n) is 8.53. The highest BCUT2D eigenvalue weighted by Gasteiger charge is 2.42. The summed E-state index contributed by atoms with van der Waals surface area (Å²) in [6.07, 6.45) is 0.367. The first kappa shape index (κ1) is 17.2. The number of fused-ring (bicyclic) bond motifs is 1. The molecule has 0 saturated heterocycles. The highest BCUT2D eigenvalue weighted by Crippen LogP contribution is 2.31. The SMILES string of the molecule is Cc1ccccc1NC(=O)C1(C)Cc2cc(C(C)C)ccc2C(=O)O1. The van der Waals surface area contributed by atoms with Gasteiger partial charge < -0.3 is 10.1 Å². The average Bonchev–Trinajstić information content (AvgIpc) is 2.56. The van der Waals surface area contributed by atoms with Crippen LogP contribution in [0.3, 0.4) is 0 Å². The fraction of sp³-hybridized carbons (Fsp3) is 0.333. The van der Waals surface area contributed by atoms with Crippen LogP contribution in [0.5, 0.6) is 0 Å². The smallest absolute Gasteiger partial charge is 0.339 e. The molecule has 0 fully saturated rings. The zero-order valence-corrected chi connectivity index (χ0v) is 15.1. The summed E-state index contributed by atoms with van der Waals surface area (Å²) in [6.45, 7) is 7.80. The van der Waals surface area contributed by atoms with Crippen LogP contribution in [0.4, 0.5) is 5.69 Å². The molecule has 0 bridgehead atoms. The van der Waals surface area contributed by atoms with E-state index in [4.69, 9.17) is 4.74 Å².